The second kappa shape index (κ2) is 7.73. The number of benzene rings is 2. The number of hydrogen-bond acceptors (Lipinski definition) is 5. The van der Waals surface area contributed by atoms with Crippen LogP contribution in [-0.2, 0) is 16.6 Å². The number of H-pyrrole nitrogens is 1. The molecule has 0 aliphatic rings. The average molecular weight is 385 g/mol. The van der Waals surface area contributed by atoms with E-state index in [2.05, 4.69) is 14.7 Å². The number of aliphatic imine (C=N–C) groups is 1. The van der Waals surface area contributed by atoms with E-state index in [1.807, 2.05) is 0 Å². The van der Waals surface area contributed by atoms with Gasteiger partial charge in [-0.1, -0.05) is 37.3 Å². The topological polar surface area (TPSA) is 112 Å². The van der Waals surface area contributed by atoms with E-state index in [0.29, 0.717) is 29.4 Å². The summed E-state index contributed by atoms with van der Waals surface area (Å²) in [5.74, 6) is -0.241. The summed E-state index contributed by atoms with van der Waals surface area (Å²) in [5, 5.41) is 11.1. The van der Waals surface area contributed by atoms with Gasteiger partial charge in [0.2, 0.25) is 15.9 Å². The first kappa shape index (κ1) is 18.8. The number of nitrogens with zero attached hydrogens (tertiary/aromatic N) is 1. The Bertz CT molecular complexity index is 1150. The lowest BCUT2D eigenvalue weighted by atomic mass is 10.1. The Kier molecular flexibility index (Phi) is 5.38. The van der Waals surface area contributed by atoms with Crippen molar-refractivity contribution in [3.63, 3.8) is 0 Å². The van der Waals surface area contributed by atoms with Crippen molar-refractivity contribution in [2.75, 3.05) is 6.54 Å². The fraction of sp³-hybridized carbons (Fsp3) is 0.158. The Balaban J connectivity index is 1.83. The summed E-state index contributed by atoms with van der Waals surface area (Å²) in [5.41, 5.74) is 0.879. The molecule has 0 aliphatic carbocycles. The third-order valence-electron chi connectivity index (χ3n) is 4.01. The van der Waals surface area contributed by atoms with Gasteiger partial charge in [0.15, 0.2) is 0 Å². The molecule has 0 fully saturated rings. The molecule has 0 atom stereocenters. The Labute approximate surface area is 156 Å². The van der Waals surface area contributed by atoms with Crippen molar-refractivity contribution in [2.45, 2.75) is 18.4 Å². The molecule has 140 valence electrons. The maximum Gasteiger partial charge on any atom is 0.258 e. The molecular weight excluding hydrogens is 366 g/mol. The van der Waals surface area contributed by atoms with Crippen molar-refractivity contribution < 1.29 is 13.5 Å². The molecule has 0 radical (unpaired) electrons. The number of rotatable bonds is 6. The average Bonchev–Trinajstić information content (AvgIpc) is 2.65. The highest BCUT2D eigenvalue weighted by molar-refractivity contribution is 7.89. The lowest BCUT2D eigenvalue weighted by Gasteiger charge is -2.05. The van der Waals surface area contributed by atoms with Crippen molar-refractivity contribution in [3.8, 4) is 5.88 Å². The van der Waals surface area contributed by atoms with Crippen molar-refractivity contribution in [1.82, 2.24) is 9.71 Å². The third kappa shape index (κ3) is 4.07. The predicted molar refractivity (Wildman–Crippen MR) is 105 cm³/mol. The second-order valence-electron chi connectivity index (χ2n) is 5.88. The molecule has 0 aliphatic heterocycles. The second-order valence-corrected chi connectivity index (χ2v) is 7.64. The minimum atomic E-state index is -3.48. The summed E-state index contributed by atoms with van der Waals surface area (Å²) in [4.78, 5) is 18.8. The van der Waals surface area contributed by atoms with Gasteiger partial charge in [0, 0.05) is 23.5 Å². The highest BCUT2D eigenvalue weighted by Crippen LogP contribution is 2.20. The molecule has 3 aromatic rings. The normalized spacial score (nSPS) is 12.0. The molecule has 1 aromatic heterocycles. The summed E-state index contributed by atoms with van der Waals surface area (Å²) in [6, 6.07) is 13.4. The molecule has 0 amide bonds. The first-order valence-electron chi connectivity index (χ1n) is 8.35. The fourth-order valence-corrected chi connectivity index (χ4v) is 3.75. The van der Waals surface area contributed by atoms with Gasteiger partial charge < -0.3 is 5.11 Å². The molecule has 27 heavy (non-hydrogen) atoms. The highest BCUT2D eigenvalue weighted by atomic mass is 32.2. The summed E-state index contributed by atoms with van der Waals surface area (Å²) < 4.78 is 26.3. The molecule has 0 bridgehead atoms. The van der Waals surface area contributed by atoms with Gasteiger partial charge >= 0.3 is 0 Å². The van der Waals surface area contributed by atoms with Crippen LogP contribution in [0.25, 0.3) is 10.8 Å². The number of aromatic nitrogens is 1. The van der Waals surface area contributed by atoms with Gasteiger partial charge in [0.1, 0.15) is 0 Å². The molecule has 2 aromatic carbocycles. The molecule has 7 nitrogen and oxygen atoms in total. The minimum absolute atomic E-state index is 0.196. The maximum absolute atomic E-state index is 11.9. The lowest BCUT2D eigenvalue weighted by molar-refractivity contribution is 0.452. The summed E-state index contributed by atoms with van der Waals surface area (Å²) >= 11 is 0. The van der Waals surface area contributed by atoms with Crippen molar-refractivity contribution in [3.05, 3.63) is 70.0 Å². The molecule has 0 spiro atoms. The predicted octanol–water partition coefficient (Wildman–Crippen LogP) is 2.15. The Hall–Kier alpha value is -2.97. The molecule has 1 heterocycles. The smallest absolute Gasteiger partial charge is 0.258 e. The van der Waals surface area contributed by atoms with Gasteiger partial charge in [-0.05, 0) is 23.8 Å². The first-order chi connectivity index (χ1) is 12.9. The number of nitrogens with one attached hydrogen (secondary N) is 2. The molecule has 3 rings (SSSR count). The van der Waals surface area contributed by atoms with Crippen LogP contribution in [0.3, 0.4) is 0 Å². The van der Waals surface area contributed by atoms with Gasteiger partial charge in [0.25, 0.3) is 5.56 Å². The quantitative estimate of drug-likeness (QED) is 0.565. The Morgan fingerprint density at radius 2 is 1.78 bits per heavy atom. The first-order valence-corrected chi connectivity index (χ1v) is 9.83. The number of aromatic amines is 1. The van der Waals surface area contributed by atoms with Crippen LogP contribution in [-0.4, -0.2) is 31.3 Å². The Morgan fingerprint density at radius 1 is 1.11 bits per heavy atom. The largest absolute Gasteiger partial charge is 0.494 e. The zero-order chi connectivity index (χ0) is 19.4. The highest BCUT2D eigenvalue weighted by Gasteiger charge is 2.12. The molecule has 3 N–H and O–H groups in total. The van der Waals surface area contributed by atoms with E-state index in [4.69, 9.17) is 0 Å². The number of pyridine rings is 1. The van der Waals surface area contributed by atoms with E-state index in [0.717, 1.165) is 5.56 Å². The third-order valence-corrected chi connectivity index (χ3v) is 5.57. The molecule has 0 saturated carbocycles. The van der Waals surface area contributed by atoms with Crippen molar-refractivity contribution in [2.24, 2.45) is 4.99 Å². The number of sulfonamides is 1. The number of aromatic hydroxyl groups is 1. The SMILES string of the molecule is CCNS(=O)(=O)c1ccc(CN=Cc2c(O)[nH]c(=O)c3ccccc23)cc1. The van der Waals surface area contributed by atoms with E-state index < -0.39 is 10.0 Å². The molecular formula is C19H19N3O4S. The van der Waals surface area contributed by atoms with Gasteiger partial charge in [-0.3, -0.25) is 14.8 Å². The zero-order valence-corrected chi connectivity index (χ0v) is 15.5. The molecule has 0 unspecified atom stereocenters. The van der Waals surface area contributed by atoms with Gasteiger partial charge in [-0.15, -0.1) is 0 Å². The van der Waals surface area contributed by atoms with E-state index in [1.54, 1.807) is 43.3 Å². The van der Waals surface area contributed by atoms with Crippen LogP contribution in [0.4, 0.5) is 0 Å². The van der Waals surface area contributed by atoms with Gasteiger partial charge in [-0.2, -0.15) is 0 Å². The van der Waals surface area contributed by atoms with E-state index >= 15 is 0 Å². The van der Waals surface area contributed by atoms with Crippen LogP contribution in [0.15, 0.2) is 63.2 Å². The van der Waals surface area contributed by atoms with Crippen LogP contribution in [0.5, 0.6) is 5.88 Å². The lowest BCUT2D eigenvalue weighted by Crippen LogP contribution is -2.23. The minimum Gasteiger partial charge on any atom is -0.494 e. The number of fused-ring (bicyclic) bond motifs is 1. The van der Waals surface area contributed by atoms with Crippen LogP contribution in [0.1, 0.15) is 18.1 Å². The maximum atomic E-state index is 11.9. The van der Waals surface area contributed by atoms with Crippen LogP contribution in [0.2, 0.25) is 0 Å². The van der Waals surface area contributed by atoms with Gasteiger partial charge in [0.05, 0.1) is 17.0 Å². The van der Waals surface area contributed by atoms with Crippen molar-refractivity contribution in [1.29, 1.82) is 0 Å². The Morgan fingerprint density at radius 3 is 2.44 bits per heavy atom. The monoisotopic (exact) mass is 385 g/mol. The van der Waals surface area contributed by atoms with Crippen LogP contribution in [0, 0.1) is 0 Å². The summed E-state index contributed by atoms with van der Waals surface area (Å²) in [6.45, 7) is 2.34. The van der Waals surface area contributed by atoms with E-state index in [-0.39, 0.29) is 16.3 Å². The number of hydrogen-bond donors (Lipinski definition) is 3. The van der Waals surface area contributed by atoms with E-state index in [1.165, 1.54) is 18.3 Å². The van der Waals surface area contributed by atoms with Gasteiger partial charge in [-0.25, -0.2) is 13.1 Å². The zero-order valence-electron chi connectivity index (χ0n) is 14.6. The van der Waals surface area contributed by atoms with Crippen LogP contribution < -0.4 is 10.3 Å². The molecule has 0 saturated heterocycles. The fourth-order valence-electron chi connectivity index (χ4n) is 2.71. The molecule has 8 heteroatoms. The summed E-state index contributed by atoms with van der Waals surface area (Å²) in [7, 11) is -3.48. The standard InChI is InChI=1S/C19H19N3O4S/c1-2-21-27(25,26)14-9-7-13(8-10-14)11-20-12-17-15-5-3-4-6-16(15)18(23)22-19(17)24/h3-10,12,21H,2,11H2,1H3,(H2,22,23,24). The van der Waals surface area contributed by atoms with E-state index in [9.17, 15) is 18.3 Å². The summed E-state index contributed by atoms with van der Waals surface area (Å²) in [6.07, 6.45) is 1.50. The van der Waals surface area contributed by atoms with Crippen LogP contribution >= 0.6 is 0 Å². The van der Waals surface area contributed by atoms with Crippen molar-refractivity contribution >= 4 is 27.0 Å².